The van der Waals surface area contributed by atoms with E-state index in [9.17, 15) is 0 Å². The molecule has 19 heavy (non-hydrogen) atoms. The first-order chi connectivity index (χ1) is 9.28. The summed E-state index contributed by atoms with van der Waals surface area (Å²) in [6.07, 6.45) is 3.70. The zero-order chi connectivity index (χ0) is 13.7. The van der Waals surface area contributed by atoms with Gasteiger partial charge in [-0.1, -0.05) is 12.5 Å². The van der Waals surface area contributed by atoms with Crippen molar-refractivity contribution in [2.24, 2.45) is 0 Å². The van der Waals surface area contributed by atoms with E-state index in [2.05, 4.69) is 11.0 Å². The molecule has 0 amide bonds. The number of rotatable bonds is 6. The van der Waals surface area contributed by atoms with Crippen molar-refractivity contribution in [2.45, 2.75) is 31.8 Å². The van der Waals surface area contributed by atoms with Gasteiger partial charge in [0.2, 0.25) is 0 Å². The number of nitrogens with zero attached hydrogens (tertiary/aromatic N) is 2. The molecular formula is C15H20N2O2. The third kappa shape index (κ3) is 3.25. The molecule has 1 aromatic rings. The monoisotopic (exact) mass is 260 g/mol. The summed E-state index contributed by atoms with van der Waals surface area (Å²) < 4.78 is 5.15. The van der Waals surface area contributed by atoms with Crippen molar-refractivity contribution in [3.05, 3.63) is 29.3 Å². The van der Waals surface area contributed by atoms with Gasteiger partial charge in [-0.2, -0.15) is 5.26 Å². The molecule has 0 spiro atoms. The first-order valence-electron chi connectivity index (χ1n) is 6.70. The van der Waals surface area contributed by atoms with Crippen LogP contribution < -0.4 is 4.74 Å². The van der Waals surface area contributed by atoms with Crippen LogP contribution in [0.25, 0.3) is 0 Å². The van der Waals surface area contributed by atoms with E-state index >= 15 is 0 Å². The highest BCUT2D eigenvalue weighted by molar-refractivity contribution is 5.45. The molecule has 0 atom stereocenters. The van der Waals surface area contributed by atoms with E-state index in [0.717, 1.165) is 12.1 Å². The molecule has 0 unspecified atom stereocenters. The molecule has 4 nitrogen and oxygen atoms in total. The molecule has 0 radical (unpaired) electrons. The van der Waals surface area contributed by atoms with Gasteiger partial charge in [0.15, 0.2) is 0 Å². The van der Waals surface area contributed by atoms with E-state index in [0.29, 0.717) is 23.9 Å². The fourth-order valence-corrected chi connectivity index (χ4v) is 2.45. The Balaban J connectivity index is 2.10. The third-order valence-corrected chi connectivity index (χ3v) is 3.75. The zero-order valence-electron chi connectivity index (χ0n) is 11.3. The van der Waals surface area contributed by atoms with Gasteiger partial charge in [-0.05, 0) is 30.5 Å². The Kier molecular flexibility index (Phi) is 4.78. The maximum absolute atomic E-state index is 9.15. The second-order valence-electron chi connectivity index (χ2n) is 4.93. The lowest BCUT2D eigenvalue weighted by Crippen LogP contribution is -2.41. The number of benzene rings is 1. The van der Waals surface area contributed by atoms with Gasteiger partial charge in [0.05, 0.1) is 19.3 Å². The number of aliphatic hydroxyl groups is 1. The van der Waals surface area contributed by atoms with E-state index in [1.165, 1.54) is 19.3 Å². The molecule has 2 rings (SSSR count). The van der Waals surface area contributed by atoms with Crippen LogP contribution in [0, 0.1) is 11.3 Å². The highest BCUT2D eigenvalue weighted by atomic mass is 16.5. The Morgan fingerprint density at radius 1 is 1.47 bits per heavy atom. The van der Waals surface area contributed by atoms with Crippen molar-refractivity contribution in [1.82, 2.24) is 4.90 Å². The van der Waals surface area contributed by atoms with E-state index in [1.54, 1.807) is 7.11 Å². The smallest absolute Gasteiger partial charge is 0.136 e. The Morgan fingerprint density at radius 2 is 2.26 bits per heavy atom. The molecule has 0 aliphatic heterocycles. The number of aliphatic hydroxyl groups excluding tert-OH is 1. The first kappa shape index (κ1) is 13.9. The quantitative estimate of drug-likeness (QED) is 0.849. The summed E-state index contributed by atoms with van der Waals surface area (Å²) in [4.78, 5) is 2.30. The van der Waals surface area contributed by atoms with Gasteiger partial charge in [-0.15, -0.1) is 0 Å². The lowest BCUT2D eigenvalue weighted by Gasteiger charge is -2.37. The highest BCUT2D eigenvalue weighted by Gasteiger charge is 2.24. The van der Waals surface area contributed by atoms with Gasteiger partial charge in [0, 0.05) is 19.1 Å². The summed E-state index contributed by atoms with van der Waals surface area (Å²) in [5.41, 5.74) is 1.66. The second kappa shape index (κ2) is 6.55. The van der Waals surface area contributed by atoms with Crippen LogP contribution in [-0.4, -0.2) is 36.3 Å². The third-order valence-electron chi connectivity index (χ3n) is 3.75. The van der Waals surface area contributed by atoms with E-state index in [4.69, 9.17) is 15.1 Å². The average Bonchev–Trinajstić information content (AvgIpc) is 2.37. The maximum atomic E-state index is 9.15. The number of methoxy groups -OCH3 is 1. The lowest BCUT2D eigenvalue weighted by molar-refractivity contribution is 0.0945. The zero-order valence-corrected chi connectivity index (χ0v) is 11.3. The second-order valence-corrected chi connectivity index (χ2v) is 4.93. The standard InChI is InChI=1S/C15H20N2O2/c1-19-15-6-5-12(9-13(15)10-16)11-17(7-8-18)14-3-2-4-14/h5-6,9,14,18H,2-4,7-8,11H2,1H3. The molecule has 102 valence electrons. The predicted octanol–water partition coefficient (Wildman–Crippen LogP) is 1.91. The summed E-state index contributed by atoms with van der Waals surface area (Å²) in [7, 11) is 1.57. The first-order valence-corrected chi connectivity index (χ1v) is 6.70. The SMILES string of the molecule is COc1ccc(CN(CCO)C2CCC2)cc1C#N. The number of nitriles is 1. The number of hydrogen-bond acceptors (Lipinski definition) is 4. The Morgan fingerprint density at radius 3 is 2.79 bits per heavy atom. The molecular weight excluding hydrogens is 240 g/mol. The number of ether oxygens (including phenoxy) is 1. The van der Waals surface area contributed by atoms with Crippen LogP contribution in [0.4, 0.5) is 0 Å². The summed E-state index contributed by atoms with van der Waals surface area (Å²) in [5, 5.41) is 18.2. The van der Waals surface area contributed by atoms with Gasteiger partial charge in [-0.3, -0.25) is 4.90 Å². The van der Waals surface area contributed by atoms with Crippen LogP contribution >= 0.6 is 0 Å². The normalized spacial score (nSPS) is 15.1. The molecule has 1 N–H and O–H groups in total. The molecule has 0 saturated heterocycles. The molecule has 4 heteroatoms. The van der Waals surface area contributed by atoms with Crippen molar-refractivity contribution < 1.29 is 9.84 Å². The van der Waals surface area contributed by atoms with E-state index < -0.39 is 0 Å². The molecule has 1 fully saturated rings. The van der Waals surface area contributed by atoms with Crippen molar-refractivity contribution in [3.8, 4) is 11.8 Å². The fourth-order valence-electron chi connectivity index (χ4n) is 2.45. The van der Waals surface area contributed by atoms with Crippen molar-refractivity contribution in [2.75, 3.05) is 20.3 Å². The highest BCUT2D eigenvalue weighted by Crippen LogP contribution is 2.27. The summed E-state index contributed by atoms with van der Waals surface area (Å²) in [6.45, 7) is 1.65. The van der Waals surface area contributed by atoms with Crippen molar-refractivity contribution >= 4 is 0 Å². The van der Waals surface area contributed by atoms with E-state index in [-0.39, 0.29) is 6.61 Å². The Labute approximate surface area is 114 Å². The molecule has 1 aliphatic carbocycles. The van der Waals surface area contributed by atoms with Gasteiger partial charge in [-0.25, -0.2) is 0 Å². The van der Waals surface area contributed by atoms with Gasteiger partial charge in [0.1, 0.15) is 11.8 Å². The minimum atomic E-state index is 0.178. The van der Waals surface area contributed by atoms with E-state index in [1.807, 2.05) is 18.2 Å². The molecule has 0 aromatic heterocycles. The van der Waals surface area contributed by atoms with Crippen LogP contribution in [0.3, 0.4) is 0 Å². The average molecular weight is 260 g/mol. The predicted molar refractivity (Wildman–Crippen MR) is 72.8 cm³/mol. The number of hydrogen-bond donors (Lipinski definition) is 1. The Bertz CT molecular complexity index is 464. The molecule has 1 aliphatic rings. The maximum Gasteiger partial charge on any atom is 0.136 e. The molecule has 1 saturated carbocycles. The minimum Gasteiger partial charge on any atom is -0.495 e. The molecule has 0 heterocycles. The Hall–Kier alpha value is -1.57. The van der Waals surface area contributed by atoms with Crippen LogP contribution in [0.1, 0.15) is 30.4 Å². The fraction of sp³-hybridized carbons (Fsp3) is 0.533. The minimum absolute atomic E-state index is 0.178. The van der Waals surface area contributed by atoms with Crippen molar-refractivity contribution in [1.29, 1.82) is 5.26 Å². The molecule has 0 bridgehead atoms. The lowest BCUT2D eigenvalue weighted by atomic mass is 9.91. The molecule has 1 aromatic carbocycles. The summed E-state index contributed by atoms with van der Waals surface area (Å²) in [6, 6.07) is 8.44. The van der Waals surface area contributed by atoms with Gasteiger partial charge < -0.3 is 9.84 Å². The van der Waals surface area contributed by atoms with Crippen LogP contribution in [0.5, 0.6) is 5.75 Å². The van der Waals surface area contributed by atoms with Gasteiger partial charge in [0.25, 0.3) is 0 Å². The van der Waals surface area contributed by atoms with Crippen LogP contribution in [0.2, 0.25) is 0 Å². The topological polar surface area (TPSA) is 56.5 Å². The summed E-state index contributed by atoms with van der Waals surface area (Å²) in [5.74, 6) is 0.614. The van der Waals surface area contributed by atoms with Crippen LogP contribution in [0.15, 0.2) is 18.2 Å². The van der Waals surface area contributed by atoms with Gasteiger partial charge >= 0.3 is 0 Å². The largest absolute Gasteiger partial charge is 0.495 e. The van der Waals surface area contributed by atoms with Crippen LogP contribution in [-0.2, 0) is 6.54 Å². The summed E-state index contributed by atoms with van der Waals surface area (Å²) >= 11 is 0. The van der Waals surface area contributed by atoms with Crippen molar-refractivity contribution in [3.63, 3.8) is 0 Å².